The van der Waals surface area contributed by atoms with Crippen molar-refractivity contribution in [2.75, 3.05) is 11.5 Å². The van der Waals surface area contributed by atoms with Crippen LogP contribution >= 0.6 is 0 Å². The third-order valence-electron chi connectivity index (χ3n) is 8.83. The van der Waals surface area contributed by atoms with Crippen LogP contribution in [0.5, 0.6) is 23.0 Å². The fourth-order valence-electron chi connectivity index (χ4n) is 5.65. The highest BCUT2D eigenvalue weighted by Gasteiger charge is 2.33. The maximum Gasteiger partial charge on any atom is 0.130 e. The van der Waals surface area contributed by atoms with Crippen LogP contribution in [0.3, 0.4) is 0 Å². The van der Waals surface area contributed by atoms with Crippen molar-refractivity contribution < 1.29 is 9.47 Å². The molecule has 4 rings (SSSR count). The maximum absolute atomic E-state index is 6.39. The van der Waals surface area contributed by atoms with Crippen LogP contribution in [0.4, 0.5) is 11.4 Å². The molecule has 216 valence electrons. The van der Waals surface area contributed by atoms with Crippen molar-refractivity contribution in [3.8, 4) is 23.0 Å². The number of benzene rings is 4. The molecule has 0 radical (unpaired) electrons. The van der Waals surface area contributed by atoms with Gasteiger partial charge >= 0.3 is 0 Å². The van der Waals surface area contributed by atoms with Gasteiger partial charge in [0.05, 0.1) is 0 Å². The number of nitrogen functional groups attached to an aromatic ring is 2. The molecular weight excluding hydrogens is 504 g/mol. The number of ether oxygens (including phenoxy) is 2. The molecule has 0 aromatic heterocycles. The molecule has 4 aromatic carbocycles. The zero-order valence-corrected chi connectivity index (χ0v) is 25.5. The van der Waals surface area contributed by atoms with E-state index in [1.54, 1.807) is 0 Å². The van der Waals surface area contributed by atoms with Crippen LogP contribution < -0.4 is 20.9 Å². The number of anilines is 2. The van der Waals surface area contributed by atoms with Gasteiger partial charge in [-0.1, -0.05) is 65.8 Å². The van der Waals surface area contributed by atoms with Gasteiger partial charge in [-0.2, -0.15) is 0 Å². The number of hydrogen-bond acceptors (Lipinski definition) is 4. The van der Waals surface area contributed by atoms with E-state index in [1.165, 1.54) is 22.3 Å². The topological polar surface area (TPSA) is 70.5 Å². The lowest BCUT2D eigenvalue weighted by Crippen LogP contribution is -2.26. The molecule has 0 bridgehead atoms. The molecule has 4 heteroatoms. The van der Waals surface area contributed by atoms with Crippen LogP contribution in [0.15, 0.2) is 84.9 Å². The fraction of sp³-hybridized carbons (Fsp3) is 0.351. The van der Waals surface area contributed by atoms with E-state index in [9.17, 15) is 0 Å². The Hall–Kier alpha value is -3.92. The molecule has 4 nitrogen and oxygen atoms in total. The largest absolute Gasteiger partial charge is 0.457 e. The molecule has 0 aliphatic carbocycles. The van der Waals surface area contributed by atoms with Crippen LogP contribution in [0, 0.1) is 0 Å². The zero-order valence-electron chi connectivity index (χ0n) is 25.5. The van der Waals surface area contributed by atoms with Crippen LogP contribution in [0.1, 0.15) is 101 Å². The number of nitrogens with two attached hydrogens (primary N) is 2. The third-order valence-corrected chi connectivity index (χ3v) is 8.83. The van der Waals surface area contributed by atoms with Crippen molar-refractivity contribution in [1.29, 1.82) is 0 Å². The second kappa shape index (κ2) is 13.2. The summed E-state index contributed by atoms with van der Waals surface area (Å²) in [6.45, 7) is 13.6. The fourth-order valence-corrected chi connectivity index (χ4v) is 5.65. The normalized spacial score (nSPS) is 13.0. The average Bonchev–Trinajstić information content (AvgIpc) is 3.00. The lowest BCUT2D eigenvalue weighted by molar-refractivity contribution is 0.454. The molecule has 0 aliphatic rings. The summed E-state index contributed by atoms with van der Waals surface area (Å²) in [5.74, 6) is 4.11. The van der Waals surface area contributed by atoms with Crippen molar-refractivity contribution in [2.24, 2.45) is 0 Å². The Morgan fingerprint density at radius 3 is 1.24 bits per heavy atom. The van der Waals surface area contributed by atoms with E-state index in [-0.39, 0.29) is 5.41 Å². The van der Waals surface area contributed by atoms with Crippen molar-refractivity contribution >= 4 is 11.4 Å². The lowest BCUT2D eigenvalue weighted by atomic mass is 9.69. The Balaban J connectivity index is 1.78. The van der Waals surface area contributed by atoms with Gasteiger partial charge in [-0.05, 0) is 120 Å². The minimum Gasteiger partial charge on any atom is -0.457 e. The summed E-state index contributed by atoms with van der Waals surface area (Å²) in [5.41, 5.74) is 18.2. The van der Waals surface area contributed by atoms with Crippen molar-refractivity contribution in [3.63, 3.8) is 0 Å². The van der Waals surface area contributed by atoms with Crippen molar-refractivity contribution in [2.45, 2.75) is 84.5 Å². The van der Waals surface area contributed by atoms with Gasteiger partial charge in [-0.25, -0.2) is 0 Å². The summed E-state index contributed by atoms with van der Waals surface area (Å²) < 4.78 is 12.8. The predicted molar refractivity (Wildman–Crippen MR) is 174 cm³/mol. The Morgan fingerprint density at radius 2 is 0.927 bits per heavy atom. The first-order valence-corrected chi connectivity index (χ1v) is 15.1. The Labute approximate surface area is 246 Å². The monoisotopic (exact) mass is 550 g/mol. The maximum atomic E-state index is 6.39. The zero-order chi connectivity index (χ0) is 29.6. The van der Waals surface area contributed by atoms with Gasteiger partial charge in [-0.15, -0.1) is 0 Å². The Morgan fingerprint density at radius 1 is 0.561 bits per heavy atom. The smallest absolute Gasteiger partial charge is 0.130 e. The van der Waals surface area contributed by atoms with E-state index in [4.69, 9.17) is 20.9 Å². The van der Waals surface area contributed by atoms with E-state index in [2.05, 4.69) is 77.9 Å². The molecule has 0 saturated heterocycles. The average molecular weight is 551 g/mol. The summed E-state index contributed by atoms with van der Waals surface area (Å²) in [6, 6.07) is 28.8. The number of rotatable bonds is 12. The summed E-state index contributed by atoms with van der Waals surface area (Å²) in [4.78, 5) is 0. The molecule has 2 unspecified atom stereocenters. The minimum absolute atomic E-state index is 0.135. The quantitative estimate of drug-likeness (QED) is 0.172. The van der Waals surface area contributed by atoms with Crippen molar-refractivity contribution in [3.05, 3.63) is 107 Å². The second-order valence-corrected chi connectivity index (χ2v) is 11.3. The summed E-state index contributed by atoms with van der Waals surface area (Å²) in [6.07, 6.45) is 4.03. The van der Waals surface area contributed by atoms with Gasteiger partial charge in [0.2, 0.25) is 0 Å². The number of hydrogen-bond donors (Lipinski definition) is 2. The molecule has 0 heterocycles. The molecule has 0 saturated carbocycles. The first-order valence-electron chi connectivity index (χ1n) is 15.1. The van der Waals surface area contributed by atoms with Gasteiger partial charge in [0, 0.05) is 16.8 Å². The van der Waals surface area contributed by atoms with Gasteiger partial charge in [0.1, 0.15) is 23.0 Å². The predicted octanol–water partition coefficient (Wildman–Crippen LogP) is 10.6. The van der Waals surface area contributed by atoms with Gasteiger partial charge in [0.15, 0.2) is 0 Å². The van der Waals surface area contributed by atoms with Crippen LogP contribution in [0.25, 0.3) is 0 Å². The van der Waals surface area contributed by atoms with Crippen molar-refractivity contribution in [1.82, 2.24) is 0 Å². The molecule has 4 aromatic rings. The summed E-state index contributed by atoms with van der Waals surface area (Å²) >= 11 is 0. The summed E-state index contributed by atoms with van der Waals surface area (Å²) in [7, 11) is 0. The van der Waals surface area contributed by atoms with Gasteiger partial charge < -0.3 is 20.9 Å². The highest BCUT2D eigenvalue weighted by molar-refractivity contribution is 5.52. The minimum atomic E-state index is -0.135. The van der Waals surface area contributed by atoms with Gasteiger partial charge in [-0.3, -0.25) is 0 Å². The standard InChI is InChI=1S/C37H46N2O2/c1-7-25(5)33-23-27(11-21-35(33)40-31-17-13-29(38)14-18-31)37(9-3,10-4)28-12-22-36(34(24-28)26(6)8-2)41-32-19-15-30(39)16-20-32/h11-26H,7-10,38-39H2,1-6H3. The molecule has 4 N–H and O–H groups in total. The highest BCUT2D eigenvalue weighted by atomic mass is 16.5. The Bertz CT molecular complexity index is 1320. The lowest BCUT2D eigenvalue weighted by Gasteiger charge is -2.35. The van der Waals surface area contributed by atoms with Crippen LogP contribution in [-0.2, 0) is 5.41 Å². The molecule has 0 spiro atoms. The van der Waals surface area contributed by atoms with E-state index in [0.29, 0.717) is 11.8 Å². The molecule has 0 aliphatic heterocycles. The van der Waals surface area contributed by atoms with Crippen LogP contribution in [0.2, 0.25) is 0 Å². The molecule has 2 atom stereocenters. The molecule has 0 amide bonds. The van der Waals surface area contributed by atoms with Crippen LogP contribution in [-0.4, -0.2) is 0 Å². The summed E-state index contributed by atoms with van der Waals surface area (Å²) in [5, 5.41) is 0. The van der Waals surface area contributed by atoms with E-state index < -0.39 is 0 Å². The molecule has 41 heavy (non-hydrogen) atoms. The second-order valence-electron chi connectivity index (χ2n) is 11.3. The van der Waals surface area contributed by atoms with E-state index in [1.807, 2.05) is 48.5 Å². The first kappa shape index (κ1) is 30.0. The van der Waals surface area contributed by atoms with Gasteiger partial charge in [0.25, 0.3) is 0 Å². The third kappa shape index (κ3) is 6.53. The highest BCUT2D eigenvalue weighted by Crippen LogP contribution is 2.45. The van der Waals surface area contributed by atoms with E-state index >= 15 is 0 Å². The SMILES string of the molecule is CCC(C)c1cc(C(CC)(CC)c2ccc(Oc3ccc(N)cc3)c(C(C)CC)c2)ccc1Oc1ccc(N)cc1. The molecular formula is C37H46N2O2. The molecule has 0 fully saturated rings. The van der Waals surface area contributed by atoms with E-state index in [0.717, 1.165) is 60.1 Å². The first-order chi connectivity index (χ1) is 19.7. The Kier molecular flexibility index (Phi) is 9.65.